The van der Waals surface area contributed by atoms with Gasteiger partial charge in [-0.05, 0) is 76.2 Å². The first-order chi connectivity index (χ1) is 17.3. The van der Waals surface area contributed by atoms with E-state index in [4.69, 9.17) is 18.8 Å². The molecule has 2 bridgehead atoms. The summed E-state index contributed by atoms with van der Waals surface area (Å²) < 4.78 is 23.8. The number of ether oxygens (including phenoxy) is 2. The molecule has 4 fully saturated rings. The maximum Gasteiger partial charge on any atom is 0.481 e. The zero-order valence-electron chi connectivity index (χ0n) is 23.0. The Hall–Kier alpha value is -2.10. The smallest absolute Gasteiger partial charge is 0.460 e. The van der Waals surface area contributed by atoms with Crippen LogP contribution in [0.15, 0.2) is 30.3 Å². The van der Waals surface area contributed by atoms with Crippen molar-refractivity contribution in [3.05, 3.63) is 35.9 Å². The Morgan fingerprint density at radius 3 is 2.51 bits per heavy atom. The van der Waals surface area contributed by atoms with E-state index in [1.807, 2.05) is 30.3 Å². The van der Waals surface area contributed by atoms with Crippen LogP contribution in [0.5, 0.6) is 0 Å². The Morgan fingerprint density at radius 2 is 1.86 bits per heavy atom. The van der Waals surface area contributed by atoms with Gasteiger partial charge in [-0.25, -0.2) is 4.79 Å². The zero-order chi connectivity index (χ0) is 27.0. The van der Waals surface area contributed by atoms with Gasteiger partial charge in [0.25, 0.3) is 0 Å². The number of benzene rings is 1. The van der Waals surface area contributed by atoms with Gasteiger partial charge < -0.3 is 29.2 Å². The molecule has 0 spiro atoms. The summed E-state index contributed by atoms with van der Waals surface area (Å²) >= 11 is 0. The van der Waals surface area contributed by atoms with Gasteiger partial charge in [0, 0.05) is 0 Å². The van der Waals surface area contributed by atoms with Gasteiger partial charge in [-0.15, -0.1) is 0 Å². The quantitative estimate of drug-likeness (QED) is 0.371. The van der Waals surface area contributed by atoms with Crippen LogP contribution in [-0.4, -0.2) is 53.6 Å². The number of carbonyl (C=O) groups excluding carboxylic acids is 2. The number of hydrogen-bond donors (Lipinski definition) is 2. The average molecular weight is 515 g/mol. The van der Waals surface area contributed by atoms with Crippen molar-refractivity contribution in [3.8, 4) is 0 Å². The summed E-state index contributed by atoms with van der Waals surface area (Å²) in [6.45, 7) is 12.2. The molecule has 0 unspecified atom stereocenters. The summed E-state index contributed by atoms with van der Waals surface area (Å²) in [5.74, 6) is -0.00649. The number of aliphatic hydroxyl groups is 1. The van der Waals surface area contributed by atoms with Crippen molar-refractivity contribution < 1.29 is 33.5 Å². The topological polar surface area (TPSA) is 103 Å². The molecule has 37 heavy (non-hydrogen) atoms. The highest BCUT2D eigenvalue weighted by Crippen LogP contribution is 2.65. The van der Waals surface area contributed by atoms with Crippen LogP contribution in [-0.2, 0) is 30.2 Å². The van der Waals surface area contributed by atoms with Gasteiger partial charge in [0.15, 0.2) is 0 Å². The third-order valence-electron chi connectivity index (χ3n) is 8.45. The molecule has 0 radical (unpaired) electrons. The Kier molecular flexibility index (Phi) is 7.99. The second kappa shape index (κ2) is 10.6. The lowest BCUT2D eigenvalue weighted by molar-refractivity contribution is -0.199. The van der Waals surface area contributed by atoms with Gasteiger partial charge in [0.05, 0.1) is 30.2 Å². The Bertz CT molecular complexity index is 965. The average Bonchev–Trinajstić information content (AvgIpc) is 3.16. The molecule has 3 saturated carbocycles. The molecule has 0 aromatic heterocycles. The molecule has 1 heterocycles. The predicted molar refractivity (Wildman–Crippen MR) is 139 cm³/mol. The van der Waals surface area contributed by atoms with Crippen molar-refractivity contribution in [2.75, 3.05) is 0 Å². The third-order valence-corrected chi connectivity index (χ3v) is 8.45. The van der Waals surface area contributed by atoms with Gasteiger partial charge in [0.2, 0.25) is 0 Å². The molecule has 1 aliphatic heterocycles. The van der Waals surface area contributed by atoms with Crippen molar-refractivity contribution >= 4 is 19.2 Å². The van der Waals surface area contributed by atoms with Gasteiger partial charge in [-0.2, -0.15) is 0 Å². The lowest BCUT2D eigenvalue weighted by Crippen LogP contribution is -2.65. The van der Waals surface area contributed by atoms with E-state index in [2.05, 4.69) is 26.1 Å². The molecular formula is C28H42BNO7. The minimum atomic E-state index is -0.912. The van der Waals surface area contributed by atoms with Crippen LogP contribution in [0.1, 0.15) is 79.2 Å². The van der Waals surface area contributed by atoms with Crippen LogP contribution in [0.4, 0.5) is 4.79 Å². The van der Waals surface area contributed by atoms with Crippen LogP contribution >= 0.6 is 0 Å². The highest BCUT2D eigenvalue weighted by Gasteiger charge is 2.68. The Balaban J connectivity index is 1.39. The molecule has 204 valence electrons. The molecule has 1 saturated heterocycles. The summed E-state index contributed by atoms with van der Waals surface area (Å²) in [7, 11) is -0.664. The maximum absolute atomic E-state index is 12.8. The molecule has 5 rings (SSSR count). The highest BCUT2D eigenvalue weighted by molar-refractivity contribution is 6.47. The largest absolute Gasteiger partial charge is 0.481 e. The normalized spacial score (nSPS) is 29.5. The standard InChI is InChI=1S/C28H42BNO7/c1-26(2,3)35-24(32)16-20(31)12-13-23(30-25(33)34-17-18-10-8-7-9-11-18)29-36-22-15-19-14-21(27(19,4)5)28(22,6)37-29/h7-11,19-23,31H,12-17H2,1-6H3,(H,30,33)/t19-,20-,21-,22+,23-,28-/m0/s1. The van der Waals surface area contributed by atoms with Gasteiger partial charge in [0.1, 0.15) is 12.2 Å². The number of carbonyl (C=O) groups is 2. The molecule has 1 aromatic rings. The van der Waals surface area contributed by atoms with E-state index < -0.39 is 42.4 Å². The number of hydrogen-bond acceptors (Lipinski definition) is 7. The predicted octanol–water partition coefficient (Wildman–Crippen LogP) is 4.42. The molecule has 2 N–H and O–H groups in total. The third kappa shape index (κ3) is 6.32. The fraction of sp³-hybridized carbons (Fsp3) is 0.714. The Labute approximate surface area is 220 Å². The van der Waals surface area contributed by atoms with Crippen LogP contribution in [0, 0.1) is 17.3 Å². The van der Waals surface area contributed by atoms with E-state index in [1.54, 1.807) is 20.8 Å². The number of esters is 1. The van der Waals surface area contributed by atoms with Crippen LogP contribution in [0.3, 0.4) is 0 Å². The molecule has 1 amide bonds. The minimum Gasteiger partial charge on any atom is -0.460 e. The van der Waals surface area contributed by atoms with E-state index in [9.17, 15) is 14.7 Å². The first kappa shape index (κ1) is 27.9. The lowest BCUT2D eigenvalue weighted by Gasteiger charge is -2.64. The SMILES string of the molecule is CC(C)(C)OC(=O)C[C@@H](O)CC[C@H](NC(=O)OCc1ccccc1)B1O[C@@H]2C[C@@H]3C[C@@H](C3(C)C)[C@]2(C)O1. The monoisotopic (exact) mass is 515 g/mol. The van der Waals surface area contributed by atoms with Gasteiger partial charge in [-0.1, -0.05) is 44.2 Å². The number of nitrogens with one attached hydrogen (secondary N) is 1. The van der Waals surface area contributed by atoms with E-state index in [0.717, 1.165) is 18.4 Å². The molecule has 6 atom stereocenters. The second-order valence-corrected chi connectivity index (χ2v) is 12.7. The molecular weight excluding hydrogens is 473 g/mol. The fourth-order valence-electron chi connectivity index (χ4n) is 6.31. The summed E-state index contributed by atoms with van der Waals surface area (Å²) in [5, 5.41) is 13.5. The molecule has 3 aliphatic carbocycles. The van der Waals surface area contributed by atoms with Crippen molar-refractivity contribution in [2.24, 2.45) is 17.3 Å². The van der Waals surface area contributed by atoms with Crippen molar-refractivity contribution in [1.29, 1.82) is 0 Å². The summed E-state index contributed by atoms with van der Waals surface area (Å²) in [4.78, 5) is 24.9. The van der Waals surface area contributed by atoms with E-state index in [-0.39, 0.29) is 31.0 Å². The molecule has 8 nitrogen and oxygen atoms in total. The number of amides is 1. The summed E-state index contributed by atoms with van der Waals surface area (Å²) in [6.07, 6.45) is 1.04. The number of aliphatic hydroxyl groups excluding tert-OH is 1. The number of rotatable bonds is 9. The van der Waals surface area contributed by atoms with Crippen molar-refractivity contribution in [1.82, 2.24) is 5.32 Å². The van der Waals surface area contributed by atoms with Crippen LogP contribution in [0.25, 0.3) is 0 Å². The molecule has 4 aliphatic rings. The fourth-order valence-corrected chi connectivity index (χ4v) is 6.31. The van der Waals surface area contributed by atoms with Crippen molar-refractivity contribution in [2.45, 2.75) is 110 Å². The molecule has 1 aromatic carbocycles. The van der Waals surface area contributed by atoms with Gasteiger partial charge >= 0.3 is 19.2 Å². The molecule has 9 heteroatoms. The second-order valence-electron chi connectivity index (χ2n) is 12.7. The maximum atomic E-state index is 12.8. The lowest BCUT2D eigenvalue weighted by atomic mass is 9.43. The first-order valence-electron chi connectivity index (χ1n) is 13.5. The van der Waals surface area contributed by atoms with Gasteiger partial charge in [-0.3, -0.25) is 4.79 Å². The number of alkyl carbamates (subject to hydrolysis) is 1. The first-order valence-corrected chi connectivity index (χ1v) is 13.5. The minimum absolute atomic E-state index is 0.0365. The summed E-state index contributed by atoms with van der Waals surface area (Å²) in [5.41, 5.74) is 0.0435. The van der Waals surface area contributed by atoms with Crippen molar-refractivity contribution in [3.63, 3.8) is 0 Å². The summed E-state index contributed by atoms with van der Waals surface area (Å²) in [6, 6.07) is 9.46. The van der Waals surface area contributed by atoms with E-state index >= 15 is 0 Å². The highest BCUT2D eigenvalue weighted by atomic mass is 16.7. The van der Waals surface area contributed by atoms with E-state index in [1.165, 1.54) is 0 Å². The Morgan fingerprint density at radius 1 is 1.16 bits per heavy atom. The van der Waals surface area contributed by atoms with Crippen LogP contribution < -0.4 is 5.32 Å². The van der Waals surface area contributed by atoms with Crippen LogP contribution in [0.2, 0.25) is 0 Å². The van der Waals surface area contributed by atoms with E-state index in [0.29, 0.717) is 18.3 Å². The zero-order valence-corrected chi connectivity index (χ0v) is 23.0.